The molecule has 12 aromatic carbocycles. The molecule has 0 aliphatic rings. The van der Waals surface area contributed by atoms with Gasteiger partial charge in [-0.05, 0) is 131 Å². The van der Waals surface area contributed by atoms with Crippen molar-refractivity contribution in [1.29, 1.82) is 0 Å². The quantitative estimate of drug-likeness (QED) is 0.149. The van der Waals surface area contributed by atoms with Gasteiger partial charge < -0.3 is 9.32 Å². The topological polar surface area (TPSA) is 16.4 Å². The molecule has 0 aliphatic heterocycles. The summed E-state index contributed by atoms with van der Waals surface area (Å²) >= 11 is 0. The van der Waals surface area contributed by atoms with Crippen LogP contribution in [-0.4, -0.2) is 0 Å². The van der Waals surface area contributed by atoms with Crippen molar-refractivity contribution in [1.82, 2.24) is 0 Å². The summed E-state index contributed by atoms with van der Waals surface area (Å²) in [4.78, 5) is 2.39. The zero-order valence-corrected chi connectivity index (χ0v) is 36.0. The number of hydrogen-bond donors (Lipinski definition) is 0. The van der Waals surface area contributed by atoms with Crippen molar-refractivity contribution in [3.05, 3.63) is 249 Å². The second-order valence-corrected chi connectivity index (χ2v) is 17.2. The van der Waals surface area contributed by atoms with Crippen molar-refractivity contribution in [3.8, 4) is 44.5 Å². The van der Waals surface area contributed by atoms with Gasteiger partial charge in [0.1, 0.15) is 11.2 Å². The van der Waals surface area contributed by atoms with Gasteiger partial charge in [-0.2, -0.15) is 0 Å². The van der Waals surface area contributed by atoms with E-state index in [2.05, 4.69) is 248 Å². The molecule has 2 nitrogen and oxygen atoms in total. The zero-order chi connectivity index (χ0) is 43.6. The zero-order valence-electron chi connectivity index (χ0n) is 36.0. The third-order valence-electron chi connectivity index (χ3n) is 13.4. The Bertz CT molecular complexity index is 3960. The van der Waals surface area contributed by atoms with Crippen LogP contribution in [0, 0.1) is 0 Å². The average Bonchev–Trinajstić information content (AvgIpc) is 3.77. The van der Waals surface area contributed by atoms with Gasteiger partial charge in [0.05, 0.1) is 0 Å². The van der Waals surface area contributed by atoms with Gasteiger partial charge in [-0.3, -0.25) is 0 Å². The third-order valence-corrected chi connectivity index (χ3v) is 13.4. The smallest absolute Gasteiger partial charge is 0.143 e. The molecule has 13 aromatic rings. The fourth-order valence-corrected chi connectivity index (χ4v) is 10.3. The van der Waals surface area contributed by atoms with Crippen LogP contribution >= 0.6 is 0 Å². The molecule has 0 bridgehead atoms. The van der Waals surface area contributed by atoms with Crippen LogP contribution in [0.2, 0.25) is 0 Å². The summed E-state index contributed by atoms with van der Waals surface area (Å²) in [6.07, 6.45) is 0. The van der Waals surface area contributed by atoms with Gasteiger partial charge in [-0.25, -0.2) is 0 Å². The van der Waals surface area contributed by atoms with Crippen molar-refractivity contribution in [3.63, 3.8) is 0 Å². The standard InChI is InChI=1S/C64H41NO/c1-3-14-43(15-4-1)54-24-13-25-59-60-41-47(32-39-61(60)66-64(54)59)42-28-33-49(34-29-42)65(51-37-38-53-48(40-51)27-26-44-16-7-8-19-52(44)53)50-35-30-46(31-36-50)63-58-23-12-10-21-56(58)55-20-9-11-22-57(55)62(63)45-17-5-2-6-18-45/h1-41H. The molecule has 2 heteroatoms. The van der Waals surface area contributed by atoms with E-state index < -0.39 is 0 Å². The van der Waals surface area contributed by atoms with E-state index in [1.165, 1.54) is 65.3 Å². The summed E-state index contributed by atoms with van der Waals surface area (Å²) in [6, 6.07) is 90.2. The molecule has 1 aromatic heterocycles. The van der Waals surface area contributed by atoms with Crippen molar-refractivity contribution in [2.45, 2.75) is 0 Å². The van der Waals surface area contributed by atoms with Crippen LogP contribution in [0.4, 0.5) is 17.1 Å². The van der Waals surface area contributed by atoms with Crippen LogP contribution in [0.3, 0.4) is 0 Å². The molecule has 0 saturated carbocycles. The second kappa shape index (κ2) is 15.5. The SMILES string of the molecule is c1ccc(-c2c(-c3ccc(N(c4ccc(-c5ccc6oc7c(-c8ccccc8)cccc7c6c5)cc4)c4ccc5c(ccc6ccccc65)c4)cc3)c3ccccc3c3ccccc23)cc1. The van der Waals surface area contributed by atoms with Crippen molar-refractivity contribution in [2.24, 2.45) is 0 Å². The predicted octanol–water partition coefficient (Wildman–Crippen LogP) is 18.3. The number of furan rings is 1. The Labute approximate surface area is 382 Å². The molecule has 0 saturated heterocycles. The number of rotatable bonds is 7. The first-order valence-electron chi connectivity index (χ1n) is 22.7. The molecular formula is C64H41NO. The van der Waals surface area contributed by atoms with E-state index in [-0.39, 0.29) is 0 Å². The van der Waals surface area contributed by atoms with E-state index in [1.54, 1.807) is 0 Å². The van der Waals surface area contributed by atoms with E-state index >= 15 is 0 Å². The Hall–Kier alpha value is -8.72. The molecule has 0 fully saturated rings. The molecule has 0 radical (unpaired) electrons. The maximum atomic E-state index is 6.53. The number of hydrogen-bond acceptors (Lipinski definition) is 2. The molecule has 0 atom stereocenters. The van der Waals surface area contributed by atoms with Crippen molar-refractivity contribution in [2.75, 3.05) is 4.90 Å². The number of anilines is 3. The minimum Gasteiger partial charge on any atom is -0.455 e. The fraction of sp³-hybridized carbons (Fsp3) is 0. The van der Waals surface area contributed by atoms with Gasteiger partial charge in [-0.15, -0.1) is 0 Å². The van der Waals surface area contributed by atoms with E-state index in [4.69, 9.17) is 4.42 Å². The lowest BCUT2D eigenvalue weighted by Gasteiger charge is -2.27. The maximum absolute atomic E-state index is 6.53. The Morgan fingerprint density at radius 1 is 0.258 bits per heavy atom. The highest BCUT2D eigenvalue weighted by molar-refractivity contribution is 6.21. The minimum atomic E-state index is 0.889. The summed E-state index contributed by atoms with van der Waals surface area (Å²) in [7, 11) is 0. The Kier molecular flexibility index (Phi) is 8.89. The van der Waals surface area contributed by atoms with E-state index in [0.29, 0.717) is 0 Å². The highest BCUT2D eigenvalue weighted by atomic mass is 16.3. The van der Waals surface area contributed by atoms with Gasteiger partial charge in [0.15, 0.2) is 0 Å². The van der Waals surface area contributed by atoms with Crippen LogP contribution < -0.4 is 4.90 Å². The minimum absolute atomic E-state index is 0.889. The molecule has 1 heterocycles. The first-order chi connectivity index (χ1) is 32.7. The molecule has 13 rings (SSSR count). The van der Waals surface area contributed by atoms with Crippen molar-refractivity contribution >= 4 is 82.1 Å². The largest absolute Gasteiger partial charge is 0.455 e. The third kappa shape index (κ3) is 6.26. The lowest BCUT2D eigenvalue weighted by atomic mass is 9.85. The van der Waals surface area contributed by atoms with Gasteiger partial charge in [0.2, 0.25) is 0 Å². The maximum Gasteiger partial charge on any atom is 0.143 e. The lowest BCUT2D eigenvalue weighted by Crippen LogP contribution is -2.10. The Morgan fingerprint density at radius 2 is 0.758 bits per heavy atom. The van der Waals surface area contributed by atoms with Crippen LogP contribution in [0.5, 0.6) is 0 Å². The number of nitrogens with zero attached hydrogens (tertiary/aromatic N) is 1. The number of fused-ring (bicyclic) bond motifs is 9. The first-order valence-corrected chi connectivity index (χ1v) is 22.7. The van der Waals surface area contributed by atoms with Gasteiger partial charge in [0, 0.05) is 33.4 Å². The summed E-state index contributed by atoms with van der Waals surface area (Å²) in [5.41, 5.74) is 14.5. The molecule has 0 aliphatic carbocycles. The van der Waals surface area contributed by atoms with E-state index in [9.17, 15) is 0 Å². The van der Waals surface area contributed by atoms with Gasteiger partial charge in [0.25, 0.3) is 0 Å². The van der Waals surface area contributed by atoms with Crippen LogP contribution in [0.15, 0.2) is 253 Å². The van der Waals surface area contributed by atoms with Crippen LogP contribution in [0.25, 0.3) is 110 Å². The van der Waals surface area contributed by atoms with E-state index in [0.717, 1.165) is 61.3 Å². The highest BCUT2D eigenvalue weighted by Crippen LogP contribution is 2.46. The van der Waals surface area contributed by atoms with Gasteiger partial charge in [-0.1, -0.05) is 200 Å². The van der Waals surface area contributed by atoms with E-state index in [1.807, 2.05) is 6.07 Å². The van der Waals surface area contributed by atoms with Gasteiger partial charge >= 0.3 is 0 Å². The predicted molar refractivity (Wildman–Crippen MR) is 280 cm³/mol. The molecule has 0 spiro atoms. The molecule has 66 heavy (non-hydrogen) atoms. The fourth-order valence-electron chi connectivity index (χ4n) is 10.3. The monoisotopic (exact) mass is 839 g/mol. The van der Waals surface area contributed by atoms with Crippen molar-refractivity contribution < 1.29 is 4.42 Å². The second-order valence-electron chi connectivity index (χ2n) is 17.2. The molecule has 0 unspecified atom stereocenters. The average molecular weight is 840 g/mol. The molecule has 308 valence electrons. The normalized spacial score (nSPS) is 11.6. The summed E-state index contributed by atoms with van der Waals surface area (Å²) < 4.78 is 6.53. The first kappa shape index (κ1) is 37.8. The lowest BCUT2D eigenvalue weighted by molar-refractivity contribution is 0.670. The number of benzene rings is 12. The number of para-hydroxylation sites is 1. The van der Waals surface area contributed by atoms with Crippen LogP contribution in [0.1, 0.15) is 0 Å². The summed E-state index contributed by atoms with van der Waals surface area (Å²) in [5, 5.41) is 12.2. The molecule has 0 N–H and O–H groups in total. The summed E-state index contributed by atoms with van der Waals surface area (Å²) in [5.74, 6) is 0. The Morgan fingerprint density at radius 3 is 1.44 bits per heavy atom. The Balaban J connectivity index is 0.940. The summed E-state index contributed by atoms with van der Waals surface area (Å²) in [6.45, 7) is 0. The molecular weight excluding hydrogens is 799 g/mol. The van der Waals surface area contributed by atoms with Crippen LogP contribution in [-0.2, 0) is 0 Å². The highest BCUT2D eigenvalue weighted by Gasteiger charge is 2.20. The molecule has 0 amide bonds.